The van der Waals surface area contributed by atoms with E-state index in [2.05, 4.69) is 4.98 Å². The van der Waals surface area contributed by atoms with Crippen LogP contribution in [0, 0.1) is 6.92 Å². The van der Waals surface area contributed by atoms with Crippen LogP contribution < -0.4 is 5.56 Å². The van der Waals surface area contributed by atoms with Crippen molar-refractivity contribution in [3.8, 4) is 11.1 Å². The first kappa shape index (κ1) is 12.5. The second-order valence-electron chi connectivity index (χ2n) is 3.64. The van der Waals surface area contributed by atoms with E-state index in [9.17, 15) is 4.79 Å². The molecule has 0 bridgehead atoms. The van der Waals surface area contributed by atoms with Crippen molar-refractivity contribution in [3.05, 3.63) is 55.4 Å². The van der Waals surface area contributed by atoms with Crippen molar-refractivity contribution in [2.75, 3.05) is 0 Å². The van der Waals surface area contributed by atoms with Gasteiger partial charge in [-0.3, -0.25) is 4.79 Å². The molecule has 2 aromatic rings. The Hall–Kier alpha value is -0.960. The summed E-state index contributed by atoms with van der Waals surface area (Å²) in [4.78, 5) is 14.1. The van der Waals surface area contributed by atoms with Crippen molar-refractivity contribution in [2.24, 2.45) is 0 Å². The molecule has 0 saturated carbocycles. The molecule has 0 unspecified atom stereocenters. The monoisotopic (exact) mass is 287 g/mol. The van der Waals surface area contributed by atoms with E-state index in [-0.39, 0.29) is 5.56 Å². The van der Waals surface area contributed by atoms with E-state index >= 15 is 0 Å². The zero-order valence-electron chi connectivity index (χ0n) is 8.85. The maximum Gasteiger partial charge on any atom is 0.248 e. The molecule has 2 rings (SSSR count). The van der Waals surface area contributed by atoms with Gasteiger partial charge < -0.3 is 4.98 Å². The van der Waals surface area contributed by atoms with E-state index in [1.165, 1.54) is 6.07 Å². The van der Waals surface area contributed by atoms with Crippen LogP contribution >= 0.6 is 34.8 Å². The highest BCUT2D eigenvalue weighted by atomic mass is 35.5. The van der Waals surface area contributed by atoms with Crippen LogP contribution in [0.2, 0.25) is 15.1 Å². The summed E-state index contributed by atoms with van der Waals surface area (Å²) in [5, 5.41) is 1.04. The molecule has 0 saturated heterocycles. The van der Waals surface area contributed by atoms with Gasteiger partial charge in [-0.1, -0.05) is 40.9 Å². The summed E-state index contributed by atoms with van der Waals surface area (Å²) in [7, 11) is 0. The van der Waals surface area contributed by atoms with E-state index in [0.717, 1.165) is 11.3 Å². The predicted octanol–water partition coefficient (Wildman–Crippen LogP) is 4.31. The lowest BCUT2D eigenvalue weighted by Crippen LogP contribution is -2.05. The third kappa shape index (κ3) is 2.49. The number of H-pyrrole nitrogens is 1. The number of pyridine rings is 1. The molecule has 0 aliphatic carbocycles. The van der Waals surface area contributed by atoms with Crippen molar-refractivity contribution in [3.63, 3.8) is 0 Å². The summed E-state index contributed by atoms with van der Waals surface area (Å²) in [6.07, 6.45) is 0. The van der Waals surface area contributed by atoms with Gasteiger partial charge >= 0.3 is 0 Å². The highest BCUT2D eigenvalue weighted by Gasteiger charge is 2.11. The van der Waals surface area contributed by atoms with Gasteiger partial charge in [0.25, 0.3) is 0 Å². The molecule has 1 heterocycles. The number of aryl methyl sites for hydroxylation is 1. The molecule has 1 aromatic heterocycles. The average molecular weight is 289 g/mol. The van der Waals surface area contributed by atoms with Crippen molar-refractivity contribution >= 4 is 34.8 Å². The van der Waals surface area contributed by atoms with Crippen LogP contribution in [0.25, 0.3) is 11.1 Å². The van der Waals surface area contributed by atoms with Crippen LogP contribution in [0.1, 0.15) is 5.69 Å². The third-order valence-electron chi connectivity index (χ3n) is 2.33. The summed E-state index contributed by atoms with van der Waals surface area (Å²) < 4.78 is 0. The fraction of sp³-hybridized carbons (Fsp3) is 0.0833. The van der Waals surface area contributed by atoms with Crippen molar-refractivity contribution < 1.29 is 0 Å². The lowest BCUT2D eigenvalue weighted by molar-refractivity contribution is 1.14. The van der Waals surface area contributed by atoms with Crippen molar-refractivity contribution in [1.82, 2.24) is 4.98 Å². The van der Waals surface area contributed by atoms with Gasteiger partial charge in [0.1, 0.15) is 0 Å². The highest BCUT2D eigenvalue weighted by molar-refractivity contribution is 6.49. The first-order valence-corrected chi connectivity index (χ1v) is 5.97. The Balaban J connectivity index is 2.69. The number of hydrogen-bond donors (Lipinski definition) is 1. The minimum absolute atomic E-state index is 0.179. The molecule has 0 fully saturated rings. The molecule has 0 radical (unpaired) electrons. The van der Waals surface area contributed by atoms with Crippen LogP contribution in [-0.4, -0.2) is 4.98 Å². The maximum absolute atomic E-state index is 11.4. The zero-order chi connectivity index (χ0) is 12.6. The number of rotatable bonds is 1. The summed E-state index contributed by atoms with van der Waals surface area (Å²) in [6, 6.07) is 6.69. The van der Waals surface area contributed by atoms with Gasteiger partial charge in [-0.15, -0.1) is 0 Å². The van der Waals surface area contributed by atoms with Crippen LogP contribution in [0.4, 0.5) is 0 Å². The van der Waals surface area contributed by atoms with E-state index in [4.69, 9.17) is 34.8 Å². The van der Waals surface area contributed by atoms with Crippen molar-refractivity contribution in [2.45, 2.75) is 6.92 Å². The van der Waals surface area contributed by atoms with Crippen molar-refractivity contribution in [1.29, 1.82) is 0 Å². The smallest absolute Gasteiger partial charge is 0.248 e. The van der Waals surface area contributed by atoms with Gasteiger partial charge in [-0.25, -0.2) is 0 Å². The summed E-state index contributed by atoms with van der Waals surface area (Å²) in [5.41, 5.74) is 1.99. The minimum atomic E-state index is -0.179. The Morgan fingerprint density at radius 1 is 1.06 bits per heavy atom. The van der Waals surface area contributed by atoms with Gasteiger partial charge in [0.2, 0.25) is 5.56 Å². The maximum atomic E-state index is 11.4. The minimum Gasteiger partial charge on any atom is -0.326 e. The highest BCUT2D eigenvalue weighted by Crippen LogP contribution is 2.37. The Labute approximate surface area is 113 Å². The molecule has 5 heteroatoms. The number of aromatic nitrogens is 1. The Morgan fingerprint density at radius 2 is 1.76 bits per heavy atom. The number of nitrogens with one attached hydrogen (secondary N) is 1. The molecular weight excluding hydrogens is 280 g/mol. The third-order valence-corrected chi connectivity index (χ3v) is 3.62. The molecule has 0 amide bonds. The Morgan fingerprint density at radius 3 is 2.41 bits per heavy atom. The van der Waals surface area contributed by atoms with E-state index in [0.29, 0.717) is 20.6 Å². The van der Waals surface area contributed by atoms with Crippen LogP contribution in [0.5, 0.6) is 0 Å². The van der Waals surface area contributed by atoms with Gasteiger partial charge in [0, 0.05) is 17.3 Å². The SMILES string of the molecule is Cc1cc(-c2ccc(Cl)c(Cl)c2Cl)cc(=O)[nH]1. The second kappa shape index (κ2) is 4.73. The molecular formula is C12H8Cl3NO. The molecule has 1 aromatic carbocycles. The number of hydrogen-bond acceptors (Lipinski definition) is 1. The Kier molecular flexibility index (Phi) is 3.48. The lowest BCUT2D eigenvalue weighted by Gasteiger charge is -2.07. The van der Waals surface area contributed by atoms with Gasteiger partial charge in [-0.05, 0) is 24.6 Å². The standard InChI is InChI=1S/C12H8Cl3NO/c1-6-4-7(5-10(17)16-6)8-2-3-9(13)12(15)11(8)14/h2-5H,1H3,(H,16,17). The van der Waals surface area contributed by atoms with E-state index in [1.807, 2.05) is 6.07 Å². The molecule has 88 valence electrons. The van der Waals surface area contributed by atoms with Crippen LogP contribution in [0.3, 0.4) is 0 Å². The van der Waals surface area contributed by atoms with Crippen LogP contribution in [0.15, 0.2) is 29.1 Å². The lowest BCUT2D eigenvalue weighted by atomic mass is 10.1. The molecule has 0 atom stereocenters. The first-order valence-electron chi connectivity index (χ1n) is 4.84. The van der Waals surface area contributed by atoms with E-state index in [1.54, 1.807) is 19.1 Å². The summed E-state index contributed by atoms with van der Waals surface area (Å²) in [5.74, 6) is 0. The molecule has 2 nitrogen and oxygen atoms in total. The fourth-order valence-electron chi connectivity index (χ4n) is 1.59. The number of aromatic amines is 1. The number of benzene rings is 1. The number of halogens is 3. The first-order chi connectivity index (χ1) is 7.99. The topological polar surface area (TPSA) is 32.9 Å². The van der Waals surface area contributed by atoms with Crippen LogP contribution in [-0.2, 0) is 0 Å². The largest absolute Gasteiger partial charge is 0.326 e. The Bertz CT molecular complexity index is 634. The normalized spacial score (nSPS) is 10.6. The quantitative estimate of drug-likeness (QED) is 0.779. The molecule has 1 N–H and O–H groups in total. The van der Waals surface area contributed by atoms with E-state index < -0.39 is 0 Å². The summed E-state index contributed by atoms with van der Waals surface area (Å²) >= 11 is 17.9. The average Bonchev–Trinajstić information content (AvgIpc) is 2.24. The molecule has 17 heavy (non-hydrogen) atoms. The second-order valence-corrected chi connectivity index (χ2v) is 4.80. The fourth-order valence-corrected chi connectivity index (χ4v) is 2.23. The molecule has 0 aliphatic rings. The molecule has 0 spiro atoms. The zero-order valence-corrected chi connectivity index (χ0v) is 11.1. The molecule has 0 aliphatic heterocycles. The summed E-state index contributed by atoms with van der Waals surface area (Å²) in [6.45, 7) is 1.80. The van der Waals surface area contributed by atoms with Gasteiger partial charge in [0.05, 0.1) is 15.1 Å². The van der Waals surface area contributed by atoms with Gasteiger partial charge in [-0.2, -0.15) is 0 Å². The van der Waals surface area contributed by atoms with Gasteiger partial charge in [0.15, 0.2) is 0 Å². The predicted molar refractivity (Wildman–Crippen MR) is 72.3 cm³/mol.